The molecule has 2 heterocycles. The van der Waals surface area contributed by atoms with Gasteiger partial charge in [-0.2, -0.15) is 0 Å². The molecule has 3 aromatic carbocycles. The van der Waals surface area contributed by atoms with Gasteiger partial charge in [-0.1, -0.05) is 42.5 Å². The third kappa shape index (κ3) is 4.71. The zero-order valence-corrected chi connectivity index (χ0v) is 21.4. The average molecular weight is 496 g/mol. The van der Waals surface area contributed by atoms with Gasteiger partial charge in [0.25, 0.3) is 5.91 Å². The van der Waals surface area contributed by atoms with Crippen molar-refractivity contribution in [2.45, 2.75) is 26.2 Å². The Kier molecular flexibility index (Phi) is 6.50. The molecule has 1 aromatic heterocycles. The van der Waals surface area contributed by atoms with E-state index in [2.05, 4.69) is 11.1 Å². The molecular weight excluding hydrogens is 465 g/mol. The van der Waals surface area contributed by atoms with Crippen LogP contribution in [0.4, 0.5) is 4.39 Å². The van der Waals surface area contributed by atoms with Gasteiger partial charge in [0.1, 0.15) is 5.82 Å². The SMILES string of the molecule is Cc1cc(C(=O)N2CCN(C(=O)C(C)(C)c3ccc(F)cc3)CC2)ccc1-c1cccc2cccnc12. The number of piperazine rings is 1. The lowest BCUT2D eigenvalue weighted by atomic mass is 9.83. The van der Waals surface area contributed by atoms with Crippen LogP contribution in [0.25, 0.3) is 22.0 Å². The molecule has 0 atom stereocenters. The monoisotopic (exact) mass is 495 g/mol. The first-order chi connectivity index (χ1) is 17.8. The topological polar surface area (TPSA) is 53.5 Å². The van der Waals surface area contributed by atoms with Gasteiger partial charge in [0.15, 0.2) is 0 Å². The standard InChI is InChI=1S/C31H30FN3O2/c1-21-20-23(9-14-26(21)27-8-4-6-22-7-5-15-33-28(22)27)29(36)34-16-18-35(19-17-34)30(37)31(2,3)24-10-12-25(32)13-11-24/h4-15,20H,16-19H2,1-3H3. The fraction of sp³-hybridized carbons (Fsp3) is 0.258. The molecular formula is C31H30FN3O2. The number of pyridine rings is 1. The van der Waals surface area contributed by atoms with E-state index in [1.165, 1.54) is 12.1 Å². The third-order valence-corrected chi connectivity index (χ3v) is 7.35. The number of hydrogen-bond donors (Lipinski definition) is 0. The van der Waals surface area contributed by atoms with Crippen molar-refractivity contribution in [1.29, 1.82) is 0 Å². The molecule has 0 spiro atoms. The van der Waals surface area contributed by atoms with Crippen LogP contribution in [0.2, 0.25) is 0 Å². The van der Waals surface area contributed by atoms with Crippen molar-refractivity contribution in [2.75, 3.05) is 26.2 Å². The second-order valence-electron chi connectivity index (χ2n) is 10.1. The van der Waals surface area contributed by atoms with E-state index in [-0.39, 0.29) is 17.6 Å². The number of halogens is 1. The van der Waals surface area contributed by atoms with E-state index in [1.807, 2.05) is 68.1 Å². The van der Waals surface area contributed by atoms with Crippen molar-refractivity contribution in [3.8, 4) is 11.1 Å². The lowest BCUT2D eigenvalue weighted by Gasteiger charge is -2.39. The van der Waals surface area contributed by atoms with Crippen LogP contribution in [-0.4, -0.2) is 52.8 Å². The minimum atomic E-state index is -0.775. The lowest BCUT2D eigenvalue weighted by molar-refractivity contribution is -0.137. The molecule has 0 aliphatic carbocycles. The van der Waals surface area contributed by atoms with Gasteiger partial charge in [-0.3, -0.25) is 14.6 Å². The molecule has 2 amide bonds. The largest absolute Gasteiger partial charge is 0.338 e. The van der Waals surface area contributed by atoms with Crippen molar-refractivity contribution in [2.24, 2.45) is 0 Å². The fourth-order valence-corrected chi connectivity index (χ4v) is 5.10. The number of carbonyl (C=O) groups excluding carboxylic acids is 2. The van der Waals surface area contributed by atoms with E-state index in [9.17, 15) is 14.0 Å². The maximum absolute atomic E-state index is 13.3. The van der Waals surface area contributed by atoms with Gasteiger partial charge in [-0.05, 0) is 67.8 Å². The molecule has 4 aromatic rings. The highest BCUT2D eigenvalue weighted by Crippen LogP contribution is 2.31. The summed E-state index contributed by atoms with van der Waals surface area (Å²) in [4.78, 5) is 34.8. The smallest absolute Gasteiger partial charge is 0.253 e. The van der Waals surface area contributed by atoms with E-state index in [0.717, 1.165) is 33.2 Å². The highest BCUT2D eigenvalue weighted by atomic mass is 19.1. The van der Waals surface area contributed by atoms with E-state index in [4.69, 9.17) is 0 Å². The van der Waals surface area contributed by atoms with Gasteiger partial charge >= 0.3 is 0 Å². The van der Waals surface area contributed by atoms with E-state index in [0.29, 0.717) is 31.7 Å². The summed E-state index contributed by atoms with van der Waals surface area (Å²) in [6.45, 7) is 7.60. The summed E-state index contributed by atoms with van der Waals surface area (Å²) in [6, 6.07) is 22.0. The summed E-state index contributed by atoms with van der Waals surface area (Å²) in [7, 11) is 0. The molecule has 5 nitrogen and oxygen atoms in total. The molecule has 0 radical (unpaired) electrons. The number of para-hydroxylation sites is 1. The van der Waals surface area contributed by atoms with Gasteiger partial charge in [0.05, 0.1) is 10.9 Å². The number of aryl methyl sites for hydroxylation is 1. The van der Waals surface area contributed by atoms with Crippen molar-refractivity contribution in [1.82, 2.24) is 14.8 Å². The molecule has 6 heteroatoms. The summed E-state index contributed by atoms with van der Waals surface area (Å²) in [6.07, 6.45) is 1.80. The lowest BCUT2D eigenvalue weighted by Crippen LogP contribution is -2.54. The molecule has 188 valence electrons. The van der Waals surface area contributed by atoms with Crippen LogP contribution in [0.3, 0.4) is 0 Å². The molecule has 1 fully saturated rings. The predicted molar refractivity (Wildman–Crippen MR) is 144 cm³/mol. The van der Waals surface area contributed by atoms with Crippen molar-refractivity contribution < 1.29 is 14.0 Å². The number of nitrogens with zero attached hydrogens (tertiary/aromatic N) is 3. The van der Waals surface area contributed by atoms with Gasteiger partial charge in [-0.25, -0.2) is 4.39 Å². The fourth-order valence-electron chi connectivity index (χ4n) is 5.10. The Hall–Kier alpha value is -4.06. The van der Waals surface area contributed by atoms with Crippen LogP contribution < -0.4 is 0 Å². The minimum Gasteiger partial charge on any atom is -0.338 e. The summed E-state index contributed by atoms with van der Waals surface area (Å²) in [5, 5.41) is 1.08. The Balaban J connectivity index is 1.28. The highest BCUT2D eigenvalue weighted by Gasteiger charge is 2.36. The van der Waals surface area contributed by atoms with Crippen LogP contribution in [0.15, 0.2) is 79.0 Å². The number of amides is 2. The quantitative estimate of drug-likeness (QED) is 0.370. The number of rotatable bonds is 4. The molecule has 0 unspecified atom stereocenters. The van der Waals surface area contributed by atoms with Crippen molar-refractivity contribution in [3.05, 3.63) is 102 Å². The number of hydrogen-bond acceptors (Lipinski definition) is 3. The number of aromatic nitrogens is 1. The maximum Gasteiger partial charge on any atom is 0.253 e. The first-order valence-electron chi connectivity index (χ1n) is 12.5. The molecule has 1 aliphatic heterocycles. The van der Waals surface area contributed by atoms with Gasteiger partial charge < -0.3 is 9.80 Å². The number of fused-ring (bicyclic) bond motifs is 1. The molecule has 5 rings (SSSR count). The normalized spacial score (nSPS) is 14.2. The highest BCUT2D eigenvalue weighted by molar-refractivity contribution is 5.98. The first kappa shape index (κ1) is 24.6. The van der Waals surface area contributed by atoms with Crippen LogP contribution in [0.5, 0.6) is 0 Å². The van der Waals surface area contributed by atoms with Crippen molar-refractivity contribution >= 4 is 22.7 Å². The van der Waals surface area contributed by atoms with Gasteiger partial charge in [0, 0.05) is 48.9 Å². The van der Waals surface area contributed by atoms with E-state index >= 15 is 0 Å². The molecule has 0 saturated carbocycles. The average Bonchev–Trinajstić information content (AvgIpc) is 2.92. The van der Waals surface area contributed by atoms with E-state index < -0.39 is 5.41 Å². The summed E-state index contributed by atoms with van der Waals surface area (Å²) in [5.41, 5.74) is 4.69. The first-order valence-corrected chi connectivity index (χ1v) is 12.5. The third-order valence-electron chi connectivity index (χ3n) is 7.35. The number of carbonyl (C=O) groups is 2. The Morgan fingerprint density at radius 3 is 2.22 bits per heavy atom. The van der Waals surface area contributed by atoms with Crippen LogP contribution in [0.1, 0.15) is 35.3 Å². The van der Waals surface area contributed by atoms with E-state index in [1.54, 1.807) is 23.2 Å². The zero-order valence-electron chi connectivity index (χ0n) is 21.4. The summed E-state index contributed by atoms with van der Waals surface area (Å²) < 4.78 is 13.3. The van der Waals surface area contributed by atoms with Gasteiger partial charge in [-0.15, -0.1) is 0 Å². The molecule has 1 aliphatic rings. The van der Waals surface area contributed by atoms with Crippen molar-refractivity contribution in [3.63, 3.8) is 0 Å². The Labute approximate surface area is 216 Å². The predicted octanol–water partition coefficient (Wildman–Crippen LogP) is 5.61. The number of benzene rings is 3. The van der Waals surface area contributed by atoms with Gasteiger partial charge in [0.2, 0.25) is 5.91 Å². The van der Waals surface area contributed by atoms with Crippen LogP contribution in [0, 0.1) is 12.7 Å². The second kappa shape index (κ2) is 9.77. The molecule has 0 N–H and O–H groups in total. The summed E-state index contributed by atoms with van der Waals surface area (Å²) >= 11 is 0. The zero-order chi connectivity index (χ0) is 26.2. The second-order valence-corrected chi connectivity index (χ2v) is 10.1. The Bertz CT molecular complexity index is 1470. The summed E-state index contributed by atoms with van der Waals surface area (Å²) in [5.74, 6) is -0.373. The molecule has 1 saturated heterocycles. The van der Waals surface area contributed by atoms with Crippen LogP contribution in [-0.2, 0) is 10.2 Å². The maximum atomic E-state index is 13.3. The Morgan fingerprint density at radius 1 is 0.838 bits per heavy atom. The van der Waals surface area contributed by atoms with Crippen LogP contribution >= 0.6 is 0 Å². The minimum absolute atomic E-state index is 0.0184. The molecule has 37 heavy (non-hydrogen) atoms. The Morgan fingerprint density at radius 2 is 1.51 bits per heavy atom. The molecule has 0 bridgehead atoms.